The number of nitrogens with zero attached hydrogens (tertiary/aromatic N) is 3. The molecule has 3 rings (SSSR count). The average molecular weight is 419 g/mol. The molecule has 0 aliphatic carbocycles. The van der Waals surface area contributed by atoms with Gasteiger partial charge >= 0.3 is 0 Å². The number of rotatable bonds is 3. The fourth-order valence-electron chi connectivity index (χ4n) is 2.12. The smallest absolute Gasteiger partial charge is 0.140 e. The first-order valence-electron chi connectivity index (χ1n) is 6.75. The van der Waals surface area contributed by atoms with Crippen molar-refractivity contribution < 1.29 is 0 Å². The second-order valence-electron chi connectivity index (χ2n) is 4.81. The van der Waals surface area contributed by atoms with E-state index in [1.165, 1.54) is 5.56 Å². The van der Waals surface area contributed by atoms with Crippen LogP contribution in [-0.2, 0) is 0 Å². The maximum atomic E-state index is 4.57. The predicted molar refractivity (Wildman–Crippen MR) is 96.9 cm³/mol. The number of hydrogen-bond donors (Lipinski definition) is 0. The lowest BCUT2D eigenvalue weighted by atomic mass is 10.2. The quantitative estimate of drug-likeness (QED) is 0.504. The Hall–Kier alpha value is -1.72. The van der Waals surface area contributed by atoms with E-state index in [1.54, 1.807) is 0 Å². The van der Waals surface area contributed by atoms with Crippen molar-refractivity contribution in [3.63, 3.8) is 0 Å². The Morgan fingerprint density at radius 3 is 1.68 bits per heavy atom. The molecule has 0 aliphatic heterocycles. The first-order chi connectivity index (χ1) is 10.6. The summed E-state index contributed by atoms with van der Waals surface area (Å²) in [6, 6.07) is 20.0. The number of anilines is 3. The number of aromatic nitrogens is 2. The van der Waals surface area contributed by atoms with Gasteiger partial charge in [-0.3, -0.25) is 4.90 Å². The topological polar surface area (TPSA) is 29.0 Å². The van der Waals surface area contributed by atoms with E-state index in [4.69, 9.17) is 0 Å². The summed E-state index contributed by atoms with van der Waals surface area (Å²) in [6.07, 6.45) is 0. The molecule has 2 aromatic heterocycles. The zero-order chi connectivity index (χ0) is 15.5. The van der Waals surface area contributed by atoms with E-state index in [2.05, 4.69) is 73.0 Å². The normalized spacial score (nSPS) is 10.5. The van der Waals surface area contributed by atoms with Crippen LogP contribution in [0.3, 0.4) is 0 Å². The van der Waals surface area contributed by atoms with Gasteiger partial charge in [-0.25, -0.2) is 9.97 Å². The molecule has 0 amide bonds. The van der Waals surface area contributed by atoms with Crippen molar-refractivity contribution in [2.45, 2.75) is 6.92 Å². The highest BCUT2D eigenvalue weighted by Gasteiger charge is 2.15. The van der Waals surface area contributed by atoms with E-state index in [9.17, 15) is 0 Å². The van der Waals surface area contributed by atoms with Crippen LogP contribution >= 0.6 is 31.9 Å². The Kier molecular flexibility index (Phi) is 4.55. The third-order valence-electron chi connectivity index (χ3n) is 3.15. The molecule has 0 bridgehead atoms. The van der Waals surface area contributed by atoms with Crippen molar-refractivity contribution in [2.24, 2.45) is 0 Å². The second kappa shape index (κ2) is 6.58. The van der Waals surface area contributed by atoms with Crippen molar-refractivity contribution in [3.05, 3.63) is 75.4 Å². The third-order valence-corrected chi connectivity index (χ3v) is 4.03. The minimum atomic E-state index is 0.789. The van der Waals surface area contributed by atoms with E-state index >= 15 is 0 Å². The molecule has 0 unspecified atom stereocenters. The molecule has 22 heavy (non-hydrogen) atoms. The average Bonchev–Trinajstić information content (AvgIpc) is 2.50. The molecule has 0 aliphatic rings. The SMILES string of the molecule is Cc1ccc(N(c2cccc(Br)n2)c2cccc(Br)n2)cc1. The van der Waals surface area contributed by atoms with Crippen LogP contribution in [-0.4, -0.2) is 9.97 Å². The van der Waals surface area contributed by atoms with Gasteiger partial charge in [0.05, 0.1) is 0 Å². The van der Waals surface area contributed by atoms with Gasteiger partial charge in [0.1, 0.15) is 20.8 Å². The number of halogens is 2. The molecule has 0 N–H and O–H groups in total. The van der Waals surface area contributed by atoms with Crippen molar-refractivity contribution in [3.8, 4) is 0 Å². The van der Waals surface area contributed by atoms with Crippen LogP contribution in [0.25, 0.3) is 0 Å². The molecule has 5 heteroatoms. The fourth-order valence-corrected chi connectivity index (χ4v) is 2.79. The van der Waals surface area contributed by atoms with Crippen LogP contribution in [0.15, 0.2) is 69.9 Å². The van der Waals surface area contributed by atoms with Gasteiger partial charge in [0.15, 0.2) is 0 Å². The highest BCUT2D eigenvalue weighted by molar-refractivity contribution is 9.10. The molecule has 0 spiro atoms. The van der Waals surface area contributed by atoms with Gasteiger partial charge in [-0.2, -0.15) is 0 Å². The van der Waals surface area contributed by atoms with Crippen LogP contribution in [0.1, 0.15) is 5.56 Å². The molecule has 3 nitrogen and oxygen atoms in total. The molecule has 110 valence electrons. The summed E-state index contributed by atoms with van der Waals surface area (Å²) in [5, 5.41) is 0. The summed E-state index contributed by atoms with van der Waals surface area (Å²) in [7, 11) is 0. The maximum Gasteiger partial charge on any atom is 0.140 e. The summed E-state index contributed by atoms with van der Waals surface area (Å²) in [5.41, 5.74) is 2.23. The van der Waals surface area contributed by atoms with Crippen molar-refractivity contribution in [1.82, 2.24) is 9.97 Å². The van der Waals surface area contributed by atoms with E-state index < -0.39 is 0 Å². The molecule has 2 heterocycles. The Morgan fingerprint density at radius 1 is 0.727 bits per heavy atom. The summed E-state index contributed by atoms with van der Waals surface area (Å²) in [4.78, 5) is 11.2. The lowest BCUT2D eigenvalue weighted by Gasteiger charge is -2.23. The highest BCUT2D eigenvalue weighted by Crippen LogP contribution is 2.33. The molecule has 0 atom stereocenters. The first kappa shape index (κ1) is 15.2. The van der Waals surface area contributed by atoms with Gasteiger partial charge in [-0.05, 0) is 75.2 Å². The molecule has 1 aromatic carbocycles. The zero-order valence-electron chi connectivity index (χ0n) is 11.9. The van der Waals surface area contributed by atoms with Crippen molar-refractivity contribution in [2.75, 3.05) is 4.90 Å². The van der Waals surface area contributed by atoms with Gasteiger partial charge < -0.3 is 0 Å². The summed E-state index contributed by atoms with van der Waals surface area (Å²) in [6.45, 7) is 2.07. The standard InChI is InChI=1S/C17H13Br2N3/c1-12-8-10-13(11-9-12)22(16-6-2-4-14(18)20-16)17-7-3-5-15(19)21-17/h2-11H,1H3. The van der Waals surface area contributed by atoms with Crippen LogP contribution < -0.4 is 4.90 Å². The highest BCUT2D eigenvalue weighted by atomic mass is 79.9. The zero-order valence-corrected chi connectivity index (χ0v) is 15.0. The number of aryl methyl sites for hydroxylation is 1. The number of benzene rings is 1. The van der Waals surface area contributed by atoms with E-state index in [0.29, 0.717) is 0 Å². The lowest BCUT2D eigenvalue weighted by Crippen LogP contribution is -2.13. The minimum absolute atomic E-state index is 0.789. The maximum absolute atomic E-state index is 4.57. The van der Waals surface area contributed by atoms with E-state index in [-0.39, 0.29) is 0 Å². The predicted octanol–water partition coefficient (Wildman–Crippen LogP) is 5.78. The molecule has 0 fully saturated rings. The van der Waals surface area contributed by atoms with Crippen LogP contribution in [0, 0.1) is 6.92 Å². The summed E-state index contributed by atoms with van der Waals surface area (Å²) < 4.78 is 1.58. The molecule has 0 radical (unpaired) electrons. The van der Waals surface area contributed by atoms with Gasteiger partial charge in [0.2, 0.25) is 0 Å². The van der Waals surface area contributed by atoms with Crippen molar-refractivity contribution >= 4 is 49.2 Å². The van der Waals surface area contributed by atoms with E-state index in [1.807, 2.05) is 41.3 Å². The molecular formula is C17H13Br2N3. The van der Waals surface area contributed by atoms with Gasteiger partial charge in [0.25, 0.3) is 0 Å². The first-order valence-corrected chi connectivity index (χ1v) is 8.34. The fraction of sp³-hybridized carbons (Fsp3) is 0.0588. The molecule has 0 saturated heterocycles. The summed E-state index contributed by atoms with van der Waals surface area (Å²) >= 11 is 6.87. The monoisotopic (exact) mass is 417 g/mol. The minimum Gasteiger partial charge on any atom is -0.279 e. The molecule has 3 aromatic rings. The van der Waals surface area contributed by atoms with Crippen LogP contribution in [0.5, 0.6) is 0 Å². The Balaban J connectivity index is 2.15. The Labute approximate surface area is 146 Å². The lowest BCUT2D eigenvalue weighted by molar-refractivity contribution is 1.10. The van der Waals surface area contributed by atoms with Gasteiger partial charge in [-0.1, -0.05) is 29.8 Å². The molecular weight excluding hydrogens is 406 g/mol. The third kappa shape index (κ3) is 3.36. The Morgan fingerprint density at radius 2 is 1.23 bits per heavy atom. The van der Waals surface area contributed by atoms with Crippen molar-refractivity contribution in [1.29, 1.82) is 0 Å². The number of hydrogen-bond acceptors (Lipinski definition) is 3. The summed E-state index contributed by atoms with van der Waals surface area (Å²) in [5.74, 6) is 1.62. The molecule has 0 saturated carbocycles. The van der Waals surface area contributed by atoms with E-state index in [0.717, 1.165) is 26.5 Å². The van der Waals surface area contributed by atoms with Gasteiger partial charge in [0, 0.05) is 5.69 Å². The Bertz CT molecular complexity index is 742. The van der Waals surface area contributed by atoms with Crippen LogP contribution in [0.4, 0.5) is 17.3 Å². The van der Waals surface area contributed by atoms with Gasteiger partial charge in [-0.15, -0.1) is 0 Å². The van der Waals surface area contributed by atoms with Crippen LogP contribution in [0.2, 0.25) is 0 Å². The second-order valence-corrected chi connectivity index (χ2v) is 6.43. The largest absolute Gasteiger partial charge is 0.279 e. The number of pyridine rings is 2.